The average Bonchev–Trinajstić information content (AvgIpc) is 3.76. The Kier molecular flexibility index (Phi) is 12.8. The van der Waals surface area contributed by atoms with Gasteiger partial charge >= 0.3 is 5.69 Å². The van der Waals surface area contributed by atoms with Crippen LogP contribution in [0.5, 0.6) is 11.6 Å². The third-order valence-corrected chi connectivity index (χ3v) is 14.4. The molecule has 2 N–H and O–H groups in total. The summed E-state index contributed by atoms with van der Waals surface area (Å²) in [6, 6.07) is 20.8. The molecule has 2 fully saturated rings. The predicted molar refractivity (Wildman–Crippen MR) is 250 cm³/mol. The van der Waals surface area contributed by atoms with Crippen LogP contribution in [0.2, 0.25) is 5.02 Å². The monoisotopic (exact) mass is 924 g/mol. The van der Waals surface area contributed by atoms with E-state index in [1.807, 2.05) is 41.3 Å². The van der Waals surface area contributed by atoms with Gasteiger partial charge in [-0.1, -0.05) is 43.2 Å². The number of nitro benzene ring substituents is 1. The highest BCUT2D eigenvalue weighted by Crippen LogP contribution is 2.44. The first-order valence-corrected chi connectivity index (χ1v) is 23.9. The average molecular weight is 926 g/mol. The molecule has 1 amide bonds. The van der Waals surface area contributed by atoms with Crippen LogP contribution in [0.4, 0.5) is 22.7 Å². The van der Waals surface area contributed by atoms with E-state index >= 15 is 0 Å². The molecule has 0 radical (unpaired) electrons. The number of nitro groups is 1. The van der Waals surface area contributed by atoms with Gasteiger partial charge < -0.3 is 29.0 Å². The number of sulfonamides is 1. The highest BCUT2D eigenvalue weighted by molar-refractivity contribution is 7.90. The normalized spacial score (nSPS) is 18.3. The van der Waals surface area contributed by atoms with E-state index in [1.54, 1.807) is 12.3 Å². The summed E-state index contributed by atoms with van der Waals surface area (Å²) in [4.78, 5) is 41.9. The number of allylic oxidation sites excluding steroid dienone is 1. The molecule has 5 heterocycles. The van der Waals surface area contributed by atoms with E-state index in [1.165, 1.54) is 28.8 Å². The van der Waals surface area contributed by atoms with Crippen molar-refractivity contribution in [2.24, 2.45) is 5.41 Å². The fraction of sp³-hybridized carbons (Fsp3) is 0.404. The van der Waals surface area contributed by atoms with E-state index in [4.69, 9.17) is 25.8 Å². The minimum atomic E-state index is -4.59. The summed E-state index contributed by atoms with van der Waals surface area (Å²) in [5.41, 5.74) is 6.54. The number of amides is 1. The lowest BCUT2D eigenvalue weighted by Gasteiger charge is -2.39. The Morgan fingerprint density at radius 1 is 0.938 bits per heavy atom. The Labute approximate surface area is 383 Å². The SMILES string of the molecule is CC1(C)CCC(CN2CCN(c3ccc(C(=O)NS(=O)(=O)c4ccc(OCCN5CCOCC5)c([N+](=O)[O-])c4)c(N4CCOc5nc6[nH]ccc6cc54)c3)CC2)=C(c2ccc(Cl)cc2)C1. The highest BCUT2D eigenvalue weighted by Gasteiger charge is 2.32. The lowest BCUT2D eigenvalue weighted by atomic mass is 9.72. The van der Waals surface area contributed by atoms with Crippen LogP contribution in [0, 0.1) is 15.5 Å². The second-order valence-electron chi connectivity index (χ2n) is 17.7. The minimum Gasteiger partial charge on any atom is -0.485 e. The number of rotatable bonds is 13. The maximum Gasteiger partial charge on any atom is 0.312 e. The van der Waals surface area contributed by atoms with Gasteiger partial charge in [0.1, 0.15) is 24.5 Å². The number of ether oxygens (including phenoxy) is 3. The molecule has 9 rings (SSSR count). The molecule has 18 heteroatoms. The molecule has 3 aromatic carbocycles. The zero-order valence-corrected chi connectivity index (χ0v) is 38.1. The van der Waals surface area contributed by atoms with Crippen molar-refractivity contribution in [3.8, 4) is 11.6 Å². The van der Waals surface area contributed by atoms with E-state index in [2.05, 4.69) is 55.4 Å². The number of nitrogens with zero attached hydrogens (tertiary/aromatic N) is 6. The van der Waals surface area contributed by atoms with Crippen molar-refractivity contribution in [2.45, 2.75) is 38.0 Å². The molecular formula is C47H53ClN8O8S. The number of benzene rings is 3. The summed E-state index contributed by atoms with van der Waals surface area (Å²) in [7, 11) is -4.59. The van der Waals surface area contributed by atoms with Crippen LogP contribution in [-0.2, 0) is 14.8 Å². The smallest absolute Gasteiger partial charge is 0.312 e. The van der Waals surface area contributed by atoms with Gasteiger partial charge in [-0.2, -0.15) is 4.98 Å². The van der Waals surface area contributed by atoms with Crippen LogP contribution < -0.4 is 24.0 Å². The van der Waals surface area contributed by atoms with Crippen molar-refractivity contribution >= 4 is 66.9 Å². The van der Waals surface area contributed by atoms with E-state index in [0.717, 1.165) is 87.2 Å². The Balaban J connectivity index is 0.963. The number of carbonyl (C=O) groups is 1. The molecule has 0 bridgehead atoms. The number of aromatic nitrogens is 2. The number of carbonyl (C=O) groups excluding carboxylic acids is 1. The number of fused-ring (bicyclic) bond motifs is 2. The van der Waals surface area contributed by atoms with E-state index in [9.17, 15) is 23.3 Å². The maximum absolute atomic E-state index is 14.3. The van der Waals surface area contributed by atoms with Crippen LogP contribution in [0.15, 0.2) is 89.5 Å². The number of H-pyrrole nitrogens is 1. The van der Waals surface area contributed by atoms with Gasteiger partial charge in [0.15, 0.2) is 5.75 Å². The molecule has 0 atom stereocenters. The molecule has 3 aliphatic heterocycles. The summed E-state index contributed by atoms with van der Waals surface area (Å²) in [6.07, 6.45) is 4.98. The molecule has 2 aromatic heterocycles. The molecular weight excluding hydrogens is 872 g/mol. The topological polar surface area (TPSA) is 176 Å². The quantitative estimate of drug-likeness (QED) is 0.0892. The van der Waals surface area contributed by atoms with Crippen LogP contribution in [0.1, 0.15) is 49.0 Å². The second-order valence-corrected chi connectivity index (χ2v) is 19.9. The van der Waals surface area contributed by atoms with Crippen molar-refractivity contribution in [1.29, 1.82) is 0 Å². The van der Waals surface area contributed by atoms with Crippen molar-refractivity contribution in [1.82, 2.24) is 24.5 Å². The van der Waals surface area contributed by atoms with Crippen molar-refractivity contribution < 1.29 is 32.3 Å². The van der Waals surface area contributed by atoms with Gasteiger partial charge in [0.2, 0.25) is 5.88 Å². The van der Waals surface area contributed by atoms with Gasteiger partial charge in [-0.25, -0.2) is 13.1 Å². The van der Waals surface area contributed by atoms with Crippen LogP contribution >= 0.6 is 11.6 Å². The summed E-state index contributed by atoms with van der Waals surface area (Å²) < 4.78 is 47.1. The van der Waals surface area contributed by atoms with Crippen molar-refractivity contribution in [3.05, 3.63) is 111 Å². The second kappa shape index (κ2) is 18.6. The molecule has 0 spiro atoms. The molecule has 16 nitrogen and oxygen atoms in total. The Bertz CT molecular complexity index is 2730. The first-order chi connectivity index (χ1) is 31.3. The number of hydrogen-bond donors (Lipinski definition) is 2. The van der Waals surface area contributed by atoms with Gasteiger partial charge in [-0.05, 0) is 90.4 Å². The molecule has 4 aliphatic rings. The van der Waals surface area contributed by atoms with E-state index < -0.39 is 31.4 Å². The number of morpholine rings is 1. The predicted octanol–water partition coefficient (Wildman–Crippen LogP) is 7.27. The summed E-state index contributed by atoms with van der Waals surface area (Å²) in [5.74, 6) is -0.586. The van der Waals surface area contributed by atoms with Crippen LogP contribution in [-0.4, -0.2) is 124 Å². The maximum atomic E-state index is 14.3. The van der Waals surface area contributed by atoms with Gasteiger partial charge in [-0.3, -0.25) is 24.7 Å². The Morgan fingerprint density at radius 2 is 1.72 bits per heavy atom. The molecule has 5 aromatic rings. The summed E-state index contributed by atoms with van der Waals surface area (Å²) in [6.45, 7) is 12.7. The number of piperazine rings is 1. The number of pyridine rings is 1. The zero-order valence-electron chi connectivity index (χ0n) is 36.6. The van der Waals surface area contributed by atoms with Crippen LogP contribution in [0.3, 0.4) is 0 Å². The Morgan fingerprint density at radius 3 is 2.49 bits per heavy atom. The summed E-state index contributed by atoms with van der Waals surface area (Å²) in [5, 5.41) is 13.7. The third-order valence-electron chi connectivity index (χ3n) is 12.8. The van der Waals surface area contributed by atoms with Crippen molar-refractivity contribution in [2.75, 3.05) is 95.1 Å². The zero-order chi connectivity index (χ0) is 45.3. The molecule has 65 heavy (non-hydrogen) atoms. The van der Waals surface area contributed by atoms with Crippen LogP contribution in [0.25, 0.3) is 16.6 Å². The van der Waals surface area contributed by atoms with Gasteiger partial charge in [0.25, 0.3) is 15.9 Å². The molecule has 1 aliphatic carbocycles. The molecule has 0 unspecified atom stereocenters. The standard InChI is InChI=1S/C47H53ClN8O8S/c1-47(2)13-11-34(39(30-47)32-3-5-35(48)6-4-32)31-53-15-17-54(18-16-53)36-7-9-38(40(28-36)55-22-26-64-46-42(55)27-33-12-14-49-44(33)50-46)45(57)51-65(60,61)37-8-10-43(41(29-37)56(58)59)63-25-21-52-19-23-62-24-20-52/h3-10,12,14,27-29H,11,13,15-26,30-31H2,1-2H3,(H,49,50)(H,51,57). The first kappa shape index (κ1) is 44.5. The first-order valence-electron chi connectivity index (χ1n) is 22.1. The Hall–Kier alpha value is -5.72. The number of halogens is 1. The van der Waals surface area contributed by atoms with Gasteiger partial charge in [0.05, 0.1) is 40.8 Å². The van der Waals surface area contributed by atoms with E-state index in [0.29, 0.717) is 49.2 Å². The number of aromatic amines is 1. The molecule has 0 saturated carbocycles. The summed E-state index contributed by atoms with van der Waals surface area (Å²) >= 11 is 6.26. The fourth-order valence-electron chi connectivity index (χ4n) is 9.16. The largest absolute Gasteiger partial charge is 0.485 e. The number of anilines is 3. The minimum absolute atomic E-state index is 0.0684. The number of hydrogen-bond acceptors (Lipinski definition) is 13. The lowest BCUT2D eigenvalue weighted by molar-refractivity contribution is -0.386. The fourth-order valence-corrected chi connectivity index (χ4v) is 10.3. The van der Waals surface area contributed by atoms with Gasteiger partial charge in [0, 0.05) is 80.7 Å². The lowest BCUT2D eigenvalue weighted by Crippen LogP contribution is -2.47. The molecule has 2 saturated heterocycles. The highest BCUT2D eigenvalue weighted by atomic mass is 35.5. The van der Waals surface area contributed by atoms with Gasteiger partial charge in [-0.15, -0.1) is 0 Å². The van der Waals surface area contributed by atoms with E-state index in [-0.39, 0.29) is 29.9 Å². The third kappa shape index (κ3) is 9.94. The number of nitrogens with one attached hydrogen (secondary N) is 2. The molecule has 342 valence electrons. The van der Waals surface area contributed by atoms with Crippen molar-refractivity contribution in [3.63, 3.8) is 0 Å².